The summed E-state index contributed by atoms with van der Waals surface area (Å²) >= 11 is 0. The number of nitrogens with one attached hydrogen (secondary N) is 1. The van der Waals surface area contributed by atoms with E-state index in [1.165, 1.54) is 6.07 Å². The first-order valence-corrected chi connectivity index (χ1v) is 6.90. The maximum atomic E-state index is 13.9. The van der Waals surface area contributed by atoms with E-state index >= 15 is 0 Å². The molecule has 0 fully saturated rings. The second-order valence-corrected chi connectivity index (χ2v) is 5.07. The van der Waals surface area contributed by atoms with Crippen LogP contribution in [0.2, 0.25) is 0 Å². The van der Waals surface area contributed by atoms with Crippen LogP contribution in [0.1, 0.15) is 24.9 Å². The van der Waals surface area contributed by atoms with Gasteiger partial charge in [-0.25, -0.2) is 4.39 Å². The highest BCUT2D eigenvalue weighted by Gasteiger charge is 2.13. The zero-order valence-corrected chi connectivity index (χ0v) is 12.2. The Hall–Kier alpha value is -2.03. The van der Waals surface area contributed by atoms with E-state index in [-0.39, 0.29) is 11.9 Å². The number of rotatable bonds is 5. The molecule has 0 heterocycles. The molecule has 0 aromatic heterocycles. The first-order chi connectivity index (χ1) is 9.61. The second-order valence-electron chi connectivity index (χ2n) is 5.07. The fourth-order valence-electron chi connectivity index (χ4n) is 2.23. The van der Waals surface area contributed by atoms with Gasteiger partial charge in [-0.1, -0.05) is 31.2 Å². The van der Waals surface area contributed by atoms with E-state index in [2.05, 4.69) is 29.3 Å². The summed E-state index contributed by atoms with van der Waals surface area (Å²) in [6.45, 7) is 2.06. The molecular formula is C17H21FN2. The first kappa shape index (κ1) is 14.4. The standard InChI is InChI=1S/C17H21FN2/c1-4-17(15-10-5-6-11-16(15)18)19-13-8-7-9-14(12-13)20(2)3/h5-12,17,19H,4H2,1-3H3. The lowest BCUT2D eigenvalue weighted by molar-refractivity contribution is 0.587. The van der Waals surface area contributed by atoms with Crippen molar-refractivity contribution in [2.75, 3.05) is 24.3 Å². The van der Waals surface area contributed by atoms with E-state index in [0.29, 0.717) is 5.56 Å². The van der Waals surface area contributed by atoms with Crippen LogP contribution in [0.3, 0.4) is 0 Å². The Balaban J connectivity index is 2.23. The highest BCUT2D eigenvalue weighted by molar-refractivity contribution is 5.58. The van der Waals surface area contributed by atoms with Gasteiger partial charge in [0.15, 0.2) is 0 Å². The average Bonchev–Trinajstić information content (AvgIpc) is 2.46. The zero-order valence-electron chi connectivity index (χ0n) is 12.2. The maximum Gasteiger partial charge on any atom is 0.128 e. The fraction of sp³-hybridized carbons (Fsp3) is 0.294. The van der Waals surface area contributed by atoms with Crippen LogP contribution >= 0.6 is 0 Å². The normalized spacial score (nSPS) is 12.0. The van der Waals surface area contributed by atoms with Gasteiger partial charge in [-0.2, -0.15) is 0 Å². The Bertz CT molecular complexity index is 566. The molecule has 3 heteroatoms. The van der Waals surface area contributed by atoms with Gasteiger partial charge in [0.05, 0.1) is 6.04 Å². The average molecular weight is 272 g/mol. The molecule has 2 aromatic carbocycles. The number of anilines is 2. The van der Waals surface area contributed by atoms with Crippen LogP contribution in [0.25, 0.3) is 0 Å². The maximum absolute atomic E-state index is 13.9. The van der Waals surface area contributed by atoms with Crippen LogP contribution in [0.4, 0.5) is 15.8 Å². The molecule has 1 N–H and O–H groups in total. The van der Waals surface area contributed by atoms with Crippen LogP contribution in [-0.4, -0.2) is 14.1 Å². The number of nitrogens with zero attached hydrogens (tertiary/aromatic N) is 1. The van der Waals surface area contributed by atoms with E-state index in [9.17, 15) is 4.39 Å². The number of halogens is 1. The van der Waals surface area contributed by atoms with E-state index in [1.807, 2.05) is 38.4 Å². The largest absolute Gasteiger partial charge is 0.378 e. The molecule has 0 aliphatic carbocycles. The topological polar surface area (TPSA) is 15.3 Å². The molecule has 1 atom stereocenters. The van der Waals surface area contributed by atoms with E-state index in [1.54, 1.807) is 6.07 Å². The molecule has 0 aliphatic rings. The van der Waals surface area contributed by atoms with E-state index < -0.39 is 0 Å². The highest BCUT2D eigenvalue weighted by atomic mass is 19.1. The summed E-state index contributed by atoms with van der Waals surface area (Å²) in [6, 6.07) is 15.1. The van der Waals surface area contributed by atoms with Crippen LogP contribution in [-0.2, 0) is 0 Å². The molecule has 20 heavy (non-hydrogen) atoms. The highest BCUT2D eigenvalue weighted by Crippen LogP contribution is 2.26. The molecule has 0 radical (unpaired) electrons. The van der Waals surface area contributed by atoms with Crippen molar-refractivity contribution in [3.63, 3.8) is 0 Å². The van der Waals surface area contributed by atoms with Gasteiger partial charge in [0, 0.05) is 31.0 Å². The summed E-state index contributed by atoms with van der Waals surface area (Å²) in [4.78, 5) is 2.05. The Labute approximate surface area is 120 Å². The predicted octanol–water partition coefficient (Wildman–Crippen LogP) is 4.45. The van der Waals surface area contributed by atoms with Crippen molar-refractivity contribution in [2.45, 2.75) is 19.4 Å². The van der Waals surface area contributed by atoms with Gasteiger partial charge < -0.3 is 10.2 Å². The molecule has 0 spiro atoms. The number of hydrogen-bond donors (Lipinski definition) is 1. The third-order valence-electron chi connectivity index (χ3n) is 3.39. The lowest BCUT2D eigenvalue weighted by atomic mass is 10.0. The summed E-state index contributed by atoms with van der Waals surface area (Å²) in [7, 11) is 4.01. The van der Waals surface area contributed by atoms with E-state index in [0.717, 1.165) is 17.8 Å². The molecule has 0 saturated heterocycles. The summed E-state index contributed by atoms with van der Waals surface area (Å²) in [6.07, 6.45) is 0.827. The van der Waals surface area contributed by atoms with Gasteiger partial charge >= 0.3 is 0 Å². The Morgan fingerprint density at radius 3 is 2.50 bits per heavy atom. The fourth-order valence-corrected chi connectivity index (χ4v) is 2.23. The quantitative estimate of drug-likeness (QED) is 0.864. The SMILES string of the molecule is CCC(Nc1cccc(N(C)C)c1)c1ccccc1F. The van der Waals surface area contributed by atoms with Gasteiger partial charge in [-0.05, 0) is 30.7 Å². The number of hydrogen-bond acceptors (Lipinski definition) is 2. The van der Waals surface area contributed by atoms with Gasteiger partial charge in [0.2, 0.25) is 0 Å². The summed E-state index contributed by atoms with van der Waals surface area (Å²) in [5.74, 6) is -0.157. The van der Waals surface area contributed by atoms with E-state index in [4.69, 9.17) is 0 Å². The molecule has 0 saturated carbocycles. The lowest BCUT2D eigenvalue weighted by Gasteiger charge is -2.21. The van der Waals surface area contributed by atoms with Crippen LogP contribution in [0, 0.1) is 5.82 Å². The summed E-state index contributed by atoms with van der Waals surface area (Å²) < 4.78 is 13.9. The molecule has 106 valence electrons. The van der Waals surface area contributed by atoms with Crippen LogP contribution in [0.15, 0.2) is 48.5 Å². The van der Waals surface area contributed by atoms with Gasteiger partial charge in [0.25, 0.3) is 0 Å². The Kier molecular flexibility index (Phi) is 4.61. The monoisotopic (exact) mass is 272 g/mol. The smallest absolute Gasteiger partial charge is 0.128 e. The third kappa shape index (κ3) is 3.29. The van der Waals surface area contributed by atoms with Crippen molar-refractivity contribution in [3.05, 3.63) is 59.9 Å². The van der Waals surface area contributed by atoms with Crippen molar-refractivity contribution in [2.24, 2.45) is 0 Å². The van der Waals surface area contributed by atoms with Crippen molar-refractivity contribution < 1.29 is 4.39 Å². The number of benzene rings is 2. The second kappa shape index (κ2) is 6.42. The molecular weight excluding hydrogens is 251 g/mol. The molecule has 2 aromatic rings. The summed E-state index contributed by atoms with van der Waals surface area (Å²) in [5, 5.41) is 3.41. The molecule has 2 nitrogen and oxygen atoms in total. The van der Waals surface area contributed by atoms with Crippen molar-refractivity contribution >= 4 is 11.4 Å². The summed E-state index contributed by atoms with van der Waals surface area (Å²) in [5.41, 5.74) is 2.84. The minimum atomic E-state index is -0.157. The van der Waals surface area contributed by atoms with Gasteiger partial charge in [0.1, 0.15) is 5.82 Å². The van der Waals surface area contributed by atoms with Gasteiger partial charge in [-0.15, -0.1) is 0 Å². The molecule has 2 rings (SSSR count). The first-order valence-electron chi connectivity index (χ1n) is 6.90. The van der Waals surface area contributed by atoms with Crippen molar-refractivity contribution in [3.8, 4) is 0 Å². The zero-order chi connectivity index (χ0) is 14.5. The van der Waals surface area contributed by atoms with Crippen molar-refractivity contribution in [1.82, 2.24) is 0 Å². The minimum Gasteiger partial charge on any atom is -0.378 e. The Morgan fingerprint density at radius 1 is 1.10 bits per heavy atom. The molecule has 1 unspecified atom stereocenters. The Morgan fingerprint density at radius 2 is 1.85 bits per heavy atom. The van der Waals surface area contributed by atoms with Crippen LogP contribution < -0.4 is 10.2 Å². The van der Waals surface area contributed by atoms with Crippen LogP contribution in [0.5, 0.6) is 0 Å². The third-order valence-corrected chi connectivity index (χ3v) is 3.39. The van der Waals surface area contributed by atoms with Crippen molar-refractivity contribution in [1.29, 1.82) is 0 Å². The van der Waals surface area contributed by atoms with Gasteiger partial charge in [-0.3, -0.25) is 0 Å². The minimum absolute atomic E-state index is 0.0198. The molecule has 0 amide bonds. The molecule has 0 aliphatic heterocycles. The molecule has 0 bridgehead atoms. The predicted molar refractivity (Wildman–Crippen MR) is 83.8 cm³/mol. The lowest BCUT2D eigenvalue weighted by Crippen LogP contribution is -2.13.